The molecule has 9 nitrogen and oxygen atoms in total. The van der Waals surface area contributed by atoms with Gasteiger partial charge in [0.25, 0.3) is 5.91 Å². The molecule has 2 saturated carbocycles. The Labute approximate surface area is 186 Å². The molecule has 0 spiro atoms. The van der Waals surface area contributed by atoms with E-state index < -0.39 is 11.9 Å². The van der Waals surface area contributed by atoms with Crippen molar-refractivity contribution in [2.24, 2.45) is 17.1 Å². The van der Waals surface area contributed by atoms with Crippen molar-refractivity contribution in [3.63, 3.8) is 0 Å². The molecular weight excluding hydrogens is 408 g/mol. The van der Waals surface area contributed by atoms with Gasteiger partial charge < -0.3 is 16.0 Å². The first-order valence-corrected chi connectivity index (χ1v) is 11.5. The highest BCUT2D eigenvalue weighted by atomic mass is 16.2. The summed E-state index contributed by atoms with van der Waals surface area (Å²) in [6, 6.07) is 1.51. The third kappa shape index (κ3) is 3.73. The number of fused-ring (bicyclic) bond motifs is 2. The summed E-state index contributed by atoms with van der Waals surface area (Å²) in [4.78, 5) is 44.1. The maximum Gasteiger partial charge on any atom is 0.269 e. The van der Waals surface area contributed by atoms with Crippen LogP contribution < -0.4 is 11.1 Å². The number of hydrogen-bond donors (Lipinski definition) is 2. The molecule has 2 aliphatic carbocycles. The van der Waals surface area contributed by atoms with Crippen LogP contribution in [0.15, 0.2) is 18.5 Å². The number of hydrogen-bond acceptors (Lipinski definition) is 5. The molecule has 0 aromatic carbocycles. The molecule has 1 saturated heterocycles. The van der Waals surface area contributed by atoms with E-state index in [1.807, 2.05) is 0 Å². The van der Waals surface area contributed by atoms with Gasteiger partial charge in [0.15, 0.2) is 5.69 Å². The summed E-state index contributed by atoms with van der Waals surface area (Å²) in [6.07, 6.45) is 9.04. The fraction of sp³-hybridized carbons (Fsp3) is 0.609. The number of rotatable bonds is 5. The molecule has 0 bridgehead atoms. The smallest absolute Gasteiger partial charge is 0.269 e. The van der Waals surface area contributed by atoms with Gasteiger partial charge in [0, 0.05) is 23.7 Å². The summed E-state index contributed by atoms with van der Waals surface area (Å²) in [7, 11) is 0. The Morgan fingerprint density at radius 2 is 2.09 bits per heavy atom. The van der Waals surface area contributed by atoms with E-state index in [4.69, 9.17) is 5.73 Å². The number of primary amides is 1. The predicted molar refractivity (Wildman–Crippen MR) is 117 cm³/mol. The zero-order valence-electron chi connectivity index (χ0n) is 18.6. The molecule has 0 radical (unpaired) electrons. The number of carbonyl (C=O) groups excluding carboxylic acids is 3. The molecule has 5 rings (SSSR count). The van der Waals surface area contributed by atoms with Crippen LogP contribution in [0, 0.1) is 11.3 Å². The van der Waals surface area contributed by atoms with Crippen LogP contribution in [-0.2, 0) is 16.1 Å². The lowest BCUT2D eigenvalue weighted by Gasteiger charge is -2.36. The van der Waals surface area contributed by atoms with Crippen molar-refractivity contribution in [2.45, 2.75) is 77.0 Å². The standard InChI is InChI=1S/C23H30N6O3/c1-23(2)6-3-4-14(10-23)26-22(32)17-9-13-8-16(13)29(17)19(30)12-28-18-11-25-7-5-15(18)20(27-28)21(24)31/h5,7,11,13-14,16-17H,3-4,6,8-10,12H2,1-2H3,(H2,24,31)(H,26,32)/t13-,14-,16-,17+/m1/s1. The summed E-state index contributed by atoms with van der Waals surface area (Å²) in [6.45, 7) is 4.43. The lowest BCUT2D eigenvalue weighted by molar-refractivity contribution is -0.140. The van der Waals surface area contributed by atoms with Crippen molar-refractivity contribution in [2.75, 3.05) is 0 Å². The number of nitrogens with one attached hydrogen (secondary N) is 1. The van der Waals surface area contributed by atoms with Crippen LogP contribution in [-0.4, -0.2) is 55.5 Å². The average Bonchev–Trinajstić information content (AvgIpc) is 3.23. The Hall–Kier alpha value is -2.97. The average molecular weight is 439 g/mol. The van der Waals surface area contributed by atoms with Crippen molar-refractivity contribution >= 4 is 28.6 Å². The minimum Gasteiger partial charge on any atom is -0.364 e. The molecule has 1 aliphatic heterocycles. The number of nitrogens with two attached hydrogens (primary N) is 1. The van der Waals surface area contributed by atoms with Gasteiger partial charge in [-0.05, 0) is 49.5 Å². The van der Waals surface area contributed by atoms with E-state index in [0.29, 0.717) is 23.2 Å². The molecule has 9 heteroatoms. The Kier molecular flexibility index (Phi) is 4.94. The molecule has 3 heterocycles. The van der Waals surface area contributed by atoms with Gasteiger partial charge in [-0.2, -0.15) is 5.10 Å². The quantitative estimate of drug-likeness (QED) is 0.734. The molecule has 3 N–H and O–H groups in total. The second-order valence-corrected chi connectivity index (χ2v) is 10.3. The number of likely N-dealkylation sites (tertiary alicyclic amines) is 1. The topological polar surface area (TPSA) is 123 Å². The van der Waals surface area contributed by atoms with Crippen molar-refractivity contribution in [1.29, 1.82) is 0 Å². The molecule has 2 aromatic heterocycles. The molecule has 4 atom stereocenters. The van der Waals surface area contributed by atoms with Gasteiger partial charge in [-0.15, -0.1) is 0 Å². The molecule has 3 aliphatic rings. The number of piperidine rings is 1. The molecule has 32 heavy (non-hydrogen) atoms. The summed E-state index contributed by atoms with van der Waals surface area (Å²) in [5.41, 5.74) is 6.39. The summed E-state index contributed by atoms with van der Waals surface area (Å²) in [5.74, 6) is -0.459. The number of amides is 3. The number of carbonyl (C=O) groups is 3. The highest BCUT2D eigenvalue weighted by molar-refractivity contribution is 6.04. The van der Waals surface area contributed by atoms with Crippen molar-refractivity contribution < 1.29 is 14.4 Å². The minimum absolute atomic E-state index is 0.0435. The van der Waals surface area contributed by atoms with Crippen LogP contribution in [0.5, 0.6) is 0 Å². The van der Waals surface area contributed by atoms with Gasteiger partial charge >= 0.3 is 0 Å². The lowest BCUT2D eigenvalue weighted by atomic mass is 9.75. The summed E-state index contributed by atoms with van der Waals surface area (Å²) in [5, 5.41) is 8.07. The molecule has 3 amide bonds. The van der Waals surface area contributed by atoms with E-state index in [1.54, 1.807) is 23.4 Å². The Morgan fingerprint density at radius 1 is 1.28 bits per heavy atom. The van der Waals surface area contributed by atoms with Crippen molar-refractivity contribution in [3.05, 3.63) is 24.2 Å². The third-order valence-corrected chi connectivity index (χ3v) is 7.32. The van der Waals surface area contributed by atoms with E-state index in [-0.39, 0.29) is 41.6 Å². The van der Waals surface area contributed by atoms with Crippen LogP contribution in [0.3, 0.4) is 0 Å². The Bertz CT molecular complexity index is 1090. The molecule has 170 valence electrons. The molecule has 0 unspecified atom stereocenters. The van der Waals surface area contributed by atoms with Crippen molar-refractivity contribution in [1.82, 2.24) is 25.0 Å². The van der Waals surface area contributed by atoms with Gasteiger partial charge in [0.2, 0.25) is 11.8 Å². The fourth-order valence-electron chi connectivity index (χ4n) is 5.70. The number of aromatic nitrogens is 3. The van der Waals surface area contributed by atoms with Gasteiger partial charge in [0.1, 0.15) is 12.6 Å². The van der Waals surface area contributed by atoms with Crippen LogP contribution in [0.25, 0.3) is 10.9 Å². The van der Waals surface area contributed by atoms with Gasteiger partial charge in [-0.3, -0.25) is 24.0 Å². The SMILES string of the molecule is CC1(C)CCC[C@@H](NC(=O)[C@@H]2C[C@H]3C[C@H]3N2C(=O)Cn2nc(C(N)=O)c3ccncc32)C1. The number of nitrogens with zero attached hydrogens (tertiary/aromatic N) is 4. The zero-order valence-corrected chi connectivity index (χ0v) is 18.6. The highest BCUT2D eigenvalue weighted by Gasteiger charge is 2.56. The maximum absolute atomic E-state index is 13.3. The minimum atomic E-state index is -0.650. The van der Waals surface area contributed by atoms with E-state index in [9.17, 15) is 14.4 Å². The van der Waals surface area contributed by atoms with E-state index in [0.717, 1.165) is 25.7 Å². The van der Waals surface area contributed by atoms with Crippen LogP contribution >= 0.6 is 0 Å². The van der Waals surface area contributed by atoms with Crippen LogP contribution in [0.1, 0.15) is 62.9 Å². The van der Waals surface area contributed by atoms with Crippen LogP contribution in [0.4, 0.5) is 0 Å². The first-order valence-electron chi connectivity index (χ1n) is 11.5. The molecular formula is C23H30N6O3. The Balaban J connectivity index is 1.33. The highest BCUT2D eigenvalue weighted by Crippen LogP contribution is 2.48. The molecule has 2 aromatic rings. The second kappa shape index (κ2) is 7.56. The van der Waals surface area contributed by atoms with Gasteiger partial charge in [0.05, 0.1) is 11.7 Å². The summed E-state index contributed by atoms with van der Waals surface area (Å²) < 4.78 is 1.47. The fourth-order valence-corrected chi connectivity index (χ4v) is 5.70. The van der Waals surface area contributed by atoms with Gasteiger partial charge in [-0.1, -0.05) is 20.3 Å². The number of pyridine rings is 1. The first-order chi connectivity index (χ1) is 15.2. The first kappa shape index (κ1) is 20.9. The predicted octanol–water partition coefficient (Wildman–Crippen LogP) is 1.60. The monoisotopic (exact) mass is 438 g/mol. The lowest BCUT2D eigenvalue weighted by Crippen LogP contribution is -2.52. The maximum atomic E-state index is 13.3. The van der Waals surface area contributed by atoms with Crippen molar-refractivity contribution in [3.8, 4) is 0 Å². The Morgan fingerprint density at radius 3 is 2.84 bits per heavy atom. The summed E-state index contributed by atoms with van der Waals surface area (Å²) >= 11 is 0. The van der Waals surface area contributed by atoms with E-state index >= 15 is 0 Å². The normalized spacial score (nSPS) is 28.4. The van der Waals surface area contributed by atoms with Crippen LogP contribution in [0.2, 0.25) is 0 Å². The van der Waals surface area contributed by atoms with E-state index in [2.05, 4.69) is 29.2 Å². The largest absolute Gasteiger partial charge is 0.364 e. The second-order valence-electron chi connectivity index (χ2n) is 10.3. The third-order valence-electron chi connectivity index (χ3n) is 7.32. The zero-order chi connectivity index (χ0) is 22.6. The van der Waals surface area contributed by atoms with Gasteiger partial charge in [-0.25, -0.2) is 0 Å². The molecule has 3 fully saturated rings. The van der Waals surface area contributed by atoms with E-state index in [1.165, 1.54) is 11.1 Å².